The Labute approximate surface area is 88.0 Å². The molecule has 0 heterocycles. The summed E-state index contributed by atoms with van der Waals surface area (Å²) in [5.41, 5.74) is -0.346. The topological polar surface area (TPSA) is 26.3 Å². The summed E-state index contributed by atoms with van der Waals surface area (Å²) in [5.74, 6) is 0.438. The number of ether oxygens (including phenoxy) is 1. The van der Waals surface area contributed by atoms with Crippen molar-refractivity contribution in [3.63, 3.8) is 0 Å². The van der Waals surface area contributed by atoms with Gasteiger partial charge in [-0.25, -0.2) is 0 Å². The van der Waals surface area contributed by atoms with Crippen molar-refractivity contribution in [2.75, 3.05) is 0 Å². The highest BCUT2D eigenvalue weighted by Gasteiger charge is 2.18. The zero-order valence-electron chi connectivity index (χ0n) is 10.2. The van der Waals surface area contributed by atoms with E-state index in [2.05, 4.69) is 13.8 Å². The van der Waals surface area contributed by atoms with Gasteiger partial charge in [-0.1, -0.05) is 33.1 Å². The predicted octanol–water partition coefficient (Wildman–Crippen LogP) is 3.54. The van der Waals surface area contributed by atoms with Crippen LogP contribution in [0.1, 0.15) is 60.3 Å². The van der Waals surface area contributed by atoms with Gasteiger partial charge < -0.3 is 4.74 Å². The Hall–Kier alpha value is -0.530. The molecule has 0 saturated carbocycles. The maximum atomic E-state index is 11.5. The number of carbonyl (C=O) groups excluding carboxylic acids is 1. The largest absolute Gasteiger partial charge is 0.460 e. The quantitative estimate of drug-likeness (QED) is 0.634. The third-order valence-electron chi connectivity index (χ3n) is 2.15. The lowest BCUT2D eigenvalue weighted by Crippen LogP contribution is -2.25. The van der Waals surface area contributed by atoms with E-state index < -0.39 is 0 Å². The average Bonchev–Trinajstić information content (AvgIpc) is 2.00. The fourth-order valence-electron chi connectivity index (χ4n) is 1.48. The van der Waals surface area contributed by atoms with Gasteiger partial charge in [-0.05, 0) is 26.7 Å². The molecule has 0 radical (unpaired) electrons. The maximum Gasteiger partial charge on any atom is 0.306 e. The first-order valence-electron chi connectivity index (χ1n) is 5.60. The van der Waals surface area contributed by atoms with Crippen LogP contribution in [0.25, 0.3) is 0 Å². The van der Waals surface area contributed by atoms with E-state index in [0.717, 1.165) is 19.3 Å². The van der Waals surface area contributed by atoms with E-state index in [-0.39, 0.29) is 11.6 Å². The first-order valence-corrected chi connectivity index (χ1v) is 5.60. The van der Waals surface area contributed by atoms with E-state index in [0.29, 0.717) is 12.3 Å². The van der Waals surface area contributed by atoms with Crippen LogP contribution in [-0.2, 0) is 9.53 Å². The molecule has 14 heavy (non-hydrogen) atoms. The Balaban J connectivity index is 3.91. The fourth-order valence-corrected chi connectivity index (χ4v) is 1.48. The van der Waals surface area contributed by atoms with Crippen LogP contribution in [0.5, 0.6) is 0 Å². The summed E-state index contributed by atoms with van der Waals surface area (Å²) in [6.45, 7) is 10.0. The van der Waals surface area contributed by atoms with Crippen LogP contribution in [0.4, 0.5) is 0 Å². The van der Waals surface area contributed by atoms with Gasteiger partial charge in [-0.2, -0.15) is 0 Å². The Morgan fingerprint density at radius 2 is 1.86 bits per heavy atom. The summed E-state index contributed by atoms with van der Waals surface area (Å²) >= 11 is 0. The van der Waals surface area contributed by atoms with Gasteiger partial charge in [-0.3, -0.25) is 4.79 Å². The van der Waals surface area contributed by atoms with Crippen molar-refractivity contribution in [3.8, 4) is 0 Å². The lowest BCUT2D eigenvalue weighted by Gasteiger charge is -2.21. The lowest BCUT2D eigenvalue weighted by molar-refractivity contribution is -0.156. The van der Waals surface area contributed by atoms with Crippen molar-refractivity contribution in [3.05, 3.63) is 0 Å². The number of rotatable bonds is 5. The Morgan fingerprint density at radius 1 is 1.29 bits per heavy atom. The molecule has 0 N–H and O–H groups in total. The van der Waals surface area contributed by atoms with Crippen LogP contribution in [0.2, 0.25) is 0 Å². The highest BCUT2D eigenvalue weighted by molar-refractivity contribution is 5.70. The number of carbonyl (C=O) groups is 1. The van der Waals surface area contributed by atoms with E-state index >= 15 is 0 Å². The van der Waals surface area contributed by atoms with Crippen molar-refractivity contribution in [2.24, 2.45) is 5.92 Å². The summed E-state index contributed by atoms with van der Waals surface area (Å²) in [4.78, 5) is 11.5. The van der Waals surface area contributed by atoms with Crippen molar-refractivity contribution in [1.82, 2.24) is 0 Å². The monoisotopic (exact) mass is 200 g/mol. The normalized spacial score (nSPS) is 13.8. The second-order valence-corrected chi connectivity index (χ2v) is 4.85. The molecule has 0 aromatic rings. The maximum absolute atomic E-state index is 11.5. The number of hydrogen-bond donors (Lipinski definition) is 0. The molecule has 2 nitrogen and oxygen atoms in total. The van der Waals surface area contributed by atoms with Crippen molar-refractivity contribution in [2.45, 2.75) is 65.9 Å². The molecule has 0 rings (SSSR count). The molecule has 0 saturated heterocycles. The van der Waals surface area contributed by atoms with Crippen LogP contribution in [0, 0.1) is 5.92 Å². The summed E-state index contributed by atoms with van der Waals surface area (Å²) in [6.07, 6.45) is 3.89. The summed E-state index contributed by atoms with van der Waals surface area (Å²) in [6, 6.07) is 0. The highest BCUT2D eigenvalue weighted by Crippen LogP contribution is 2.18. The third-order valence-corrected chi connectivity index (χ3v) is 2.15. The third kappa shape index (κ3) is 6.93. The molecule has 1 atom stereocenters. The summed E-state index contributed by atoms with van der Waals surface area (Å²) in [7, 11) is 0. The first kappa shape index (κ1) is 13.5. The number of esters is 1. The van der Waals surface area contributed by atoms with Crippen LogP contribution < -0.4 is 0 Å². The van der Waals surface area contributed by atoms with E-state index in [9.17, 15) is 4.79 Å². The minimum atomic E-state index is -0.346. The Kier molecular flexibility index (Phi) is 5.82. The Bertz CT molecular complexity index is 168. The SMILES string of the molecule is CCCC(CC)CC(=O)OC(C)(C)C. The molecular formula is C12H24O2. The molecule has 2 heteroatoms. The van der Waals surface area contributed by atoms with E-state index in [4.69, 9.17) is 4.74 Å². The molecule has 84 valence electrons. The molecule has 1 unspecified atom stereocenters. The molecule has 0 aliphatic carbocycles. The average molecular weight is 200 g/mol. The van der Waals surface area contributed by atoms with Gasteiger partial charge in [0.05, 0.1) is 0 Å². The second kappa shape index (κ2) is 6.05. The number of hydrogen-bond acceptors (Lipinski definition) is 2. The summed E-state index contributed by atoms with van der Waals surface area (Å²) < 4.78 is 5.28. The molecule has 0 spiro atoms. The zero-order chi connectivity index (χ0) is 11.2. The van der Waals surface area contributed by atoms with Crippen LogP contribution >= 0.6 is 0 Å². The standard InChI is InChI=1S/C12H24O2/c1-6-8-10(7-2)9-11(13)14-12(3,4)5/h10H,6-9H2,1-5H3. The van der Waals surface area contributed by atoms with E-state index in [1.165, 1.54) is 0 Å². The smallest absolute Gasteiger partial charge is 0.306 e. The lowest BCUT2D eigenvalue weighted by atomic mass is 9.97. The predicted molar refractivity (Wildman–Crippen MR) is 59.2 cm³/mol. The molecule has 0 amide bonds. The van der Waals surface area contributed by atoms with Gasteiger partial charge in [-0.15, -0.1) is 0 Å². The molecule has 0 aliphatic heterocycles. The molecule has 0 aliphatic rings. The molecule has 0 fully saturated rings. The second-order valence-electron chi connectivity index (χ2n) is 4.85. The van der Waals surface area contributed by atoms with Crippen molar-refractivity contribution in [1.29, 1.82) is 0 Å². The van der Waals surface area contributed by atoms with Gasteiger partial charge in [0.2, 0.25) is 0 Å². The van der Waals surface area contributed by atoms with Crippen LogP contribution in [-0.4, -0.2) is 11.6 Å². The van der Waals surface area contributed by atoms with Gasteiger partial charge in [0.25, 0.3) is 0 Å². The van der Waals surface area contributed by atoms with Gasteiger partial charge in [0.1, 0.15) is 5.60 Å². The summed E-state index contributed by atoms with van der Waals surface area (Å²) in [5, 5.41) is 0. The fraction of sp³-hybridized carbons (Fsp3) is 0.917. The van der Waals surface area contributed by atoms with Gasteiger partial charge in [0, 0.05) is 6.42 Å². The Morgan fingerprint density at radius 3 is 2.21 bits per heavy atom. The van der Waals surface area contributed by atoms with E-state index in [1.54, 1.807) is 0 Å². The molecule has 0 aromatic carbocycles. The van der Waals surface area contributed by atoms with E-state index in [1.807, 2.05) is 20.8 Å². The van der Waals surface area contributed by atoms with Crippen molar-refractivity contribution < 1.29 is 9.53 Å². The van der Waals surface area contributed by atoms with Crippen molar-refractivity contribution >= 4 is 5.97 Å². The van der Waals surface area contributed by atoms with Crippen LogP contribution in [0.3, 0.4) is 0 Å². The zero-order valence-corrected chi connectivity index (χ0v) is 10.2. The highest BCUT2D eigenvalue weighted by atomic mass is 16.6. The molecular weight excluding hydrogens is 176 g/mol. The molecule has 0 aromatic heterocycles. The first-order chi connectivity index (χ1) is 6.39. The van der Waals surface area contributed by atoms with Gasteiger partial charge >= 0.3 is 5.97 Å². The minimum absolute atomic E-state index is 0.0576. The minimum Gasteiger partial charge on any atom is -0.460 e. The molecule has 0 bridgehead atoms. The van der Waals surface area contributed by atoms with Gasteiger partial charge in [0.15, 0.2) is 0 Å². The van der Waals surface area contributed by atoms with Crippen LogP contribution in [0.15, 0.2) is 0 Å².